The van der Waals surface area contributed by atoms with Gasteiger partial charge in [0.25, 0.3) is 0 Å². The Labute approximate surface area is 150 Å². The highest BCUT2D eigenvalue weighted by atomic mass is 16.6. The van der Waals surface area contributed by atoms with Crippen LogP contribution in [-0.4, -0.2) is 78.3 Å². The number of carbonyl (C=O) groups is 2. The van der Waals surface area contributed by atoms with E-state index in [2.05, 4.69) is 12.2 Å². The molecule has 1 aliphatic rings. The van der Waals surface area contributed by atoms with Crippen molar-refractivity contribution in [2.75, 3.05) is 39.4 Å². The van der Waals surface area contributed by atoms with E-state index in [-0.39, 0.29) is 12.6 Å². The summed E-state index contributed by atoms with van der Waals surface area (Å²) in [5.74, 6) is 0. The third-order valence-corrected chi connectivity index (χ3v) is 3.98. The van der Waals surface area contributed by atoms with Gasteiger partial charge < -0.3 is 29.7 Å². The van der Waals surface area contributed by atoms with Gasteiger partial charge in [0.1, 0.15) is 0 Å². The van der Waals surface area contributed by atoms with E-state index in [4.69, 9.17) is 9.47 Å². The molecule has 0 radical (unpaired) electrons. The molecular formula is C17H33N3O5. The number of urea groups is 1. The molecule has 0 aromatic heterocycles. The fraction of sp³-hybridized carbons (Fsp3) is 0.882. The minimum atomic E-state index is -1.38. The molecule has 1 fully saturated rings. The van der Waals surface area contributed by atoms with Crippen LogP contribution in [0, 0.1) is 0 Å². The summed E-state index contributed by atoms with van der Waals surface area (Å²) in [6.45, 7) is 10.3. The number of aliphatic hydroxyl groups is 1. The topological polar surface area (TPSA) is 91.3 Å². The van der Waals surface area contributed by atoms with Crippen molar-refractivity contribution in [2.45, 2.75) is 58.8 Å². The molecule has 1 heterocycles. The Morgan fingerprint density at radius 2 is 1.92 bits per heavy atom. The second-order valence-corrected chi connectivity index (χ2v) is 7.15. The maximum atomic E-state index is 12.3. The number of amides is 3. The van der Waals surface area contributed by atoms with Crippen LogP contribution in [0.3, 0.4) is 0 Å². The Kier molecular flexibility index (Phi) is 8.99. The van der Waals surface area contributed by atoms with Gasteiger partial charge in [-0.05, 0) is 27.2 Å². The third-order valence-electron chi connectivity index (χ3n) is 3.98. The van der Waals surface area contributed by atoms with E-state index in [1.807, 2.05) is 20.8 Å². The zero-order valence-corrected chi connectivity index (χ0v) is 15.9. The molecule has 0 unspecified atom stereocenters. The second-order valence-electron chi connectivity index (χ2n) is 7.15. The molecule has 0 bridgehead atoms. The van der Waals surface area contributed by atoms with Gasteiger partial charge in [-0.3, -0.25) is 0 Å². The van der Waals surface area contributed by atoms with Gasteiger partial charge in [0.15, 0.2) is 0 Å². The Hall–Kier alpha value is -1.54. The van der Waals surface area contributed by atoms with E-state index in [1.165, 1.54) is 0 Å². The van der Waals surface area contributed by atoms with Crippen LogP contribution >= 0.6 is 0 Å². The zero-order valence-electron chi connectivity index (χ0n) is 15.9. The highest BCUT2D eigenvalue weighted by Crippen LogP contribution is 2.16. The Balaban J connectivity index is 2.42. The molecule has 2 N–H and O–H groups in total. The fourth-order valence-electron chi connectivity index (χ4n) is 2.50. The maximum Gasteiger partial charge on any atom is 0.412 e. The maximum absolute atomic E-state index is 12.3. The molecule has 1 aliphatic heterocycles. The fourth-order valence-corrected chi connectivity index (χ4v) is 2.50. The van der Waals surface area contributed by atoms with Crippen molar-refractivity contribution in [2.24, 2.45) is 0 Å². The van der Waals surface area contributed by atoms with Gasteiger partial charge >= 0.3 is 12.1 Å². The van der Waals surface area contributed by atoms with E-state index in [1.54, 1.807) is 9.80 Å². The van der Waals surface area contributed by atoms with Crippen molar-refractivity contribution in [3.63, 3.8) is 0 Å². The van der Waals surface area contributed by atoms with E-state index >= 15 is 0 Å². The number of hydrogen-bond acceptors (Lipinski definition) is 5. The molecular weight excluding hydrogens is 326 g/mol. The molecule has 25 heavy (non-hydrogen) atoms. The van der Waals surface area contributed by atoms with Gasteiger partial charge in [0.2, 0.25) is 6.29 Å². The van der Waals surface area contributed by atoms with Crippen LogP contribution in [0.1, 0.15) is 47.0 Å². The summed E-state index contributed by atoms with van der Waals surface area (Å²) < 4.78 is 10.3. The van der Waals surface area contributed by atoms with Gasteiger partial charge in [-0.15, -0.1) is 0 Å². The van der Waals surface area contributed by atoms with Crippen molar-refractivity contribution in [3.8, 4) is 0 Å². The lowest BCUT2D eigenvalue weighted by Gasteiger charge is -2.35. The number of morpholine rings is 1. The molecule has 3 amide bonds. The smallest absolute Gasteiger partial charge is 0.412 e. The minimum absolute atomic E-state index is 0.144. The summed E-state index contributed by atoms with van der Waals surface area (Å²) in [6, 6.07) is -0.297. The highest BCUT2D eigenvalue weighted by molar-refractivity contribution is 5.74. The van der Waals surface area contributed by atoms with Crippen LogP contribution in [0.2, 0.25) is 0 Å². The van der Waals surface area contributed by atoms with Gasteiger partial charge in [0.05, 0.1) is 19.8 Å². The van der Waals surface area contributed by atoms with Crippen LogP contribution < -0.4 is 5.32 Å². The molecule has 1 rings (SSSR count). The molecule has 146 valence electrons. The number of carbonyl (C=O) groups excluding carboxylic acids is 2. The average molecular weight is 359 g/mol. The van der Waals surface area contributed by atoms with Crippen LogP contribution in [0.15, 0.2) is 0 Å². The molecule has 0 aromatic carbocycles. The molecule has 0 aliphatic carbocycles. The Morgan fingerprint density at radius 1 is 1.28 bits per heavy atom. The number of hydrogen-bond donors (Lipinski definition) is 2. The quantitative estimate of drug-likeness (QED) is 0.534. The first-order valence-electron chi connectivity index (χ1n) is 9.02. The van der Waals surface area contributed by atoms with Crippen molar-refractivity contribution in [1.29, 1.82) is 0 Å². The van der Waals surface area contributed by atoms with Crippen molar-refractivity contribution in [3.05, 3.63) is 0 Å². The van der Waals surface area contributed by atoms with E-state index < -0.39 is 17.9 Å². The third kappa shape index (κ3) is 7.92. The first-order chi connectivity index (χ1) is 11.8. The number of nitrogens with one attached hydrogen (secondary N) is 1. The molecule has 0 saturated carbocycles. The first kappa shape index (κ1) is 21.5. The standard InChI is InChI=1S/C17H33N3O5/c1-5-6-7-8-20(17(2,3)4)16(23)25-14(21)13-18-15(22)19-9-11-24-12-10-19/h14,21H,5-13H2,1-4H3,(H,18,22)/t14-/m0/s1. The zero-order chi connectivity index (χ0) is 18.9. The van der Waals surface area contributed by atoms with Gasteiger partial charge in [0, 0.05) is 25.2 Å². The van der Waals surface area contributed by atoms with Crippen LogP contribution in [0.4, 0.5) is 9.59 Å². The SMILES string of the molecule is CCCCCN(C(=O)O[C@H](O)CNC(=O)N1CCOCC1)C(C)(C)C. The number of aliphatic hydroxyl groups excluding tert-OH is 1. The largest absolute Gasteiger partial charge is 0.418 e. The molecule has 0 spiro atoms. The highest BCUT2D eigenvalue weighted by Gasteiger charge is 2.29. The van der Waals surface area contributed by atoms with Crippen molar-refractivity contribution in [1.82, 2.24) is 15.1 Å². The lowest BCUT2D eigenvalue weighted by Crippen LogP contribution is -2.50. The Bertz CT molecular complexity index is 419. The van der Waals surface area contributed by atoms with E-state index in [0.717, 1.165) is 19.3 Å². The number of ether oxygens (including phenoxy) is 2. The van der Waals surface area contributed by atoms with Crippen LogP contribution in [-0.2, 0) is 9.47 Å². The normalized spacial score (nSPS) is 16.3. The number of rotatable bonds is 7. The monoisotopic (exact) mass is 359 g/mol. The van der Waals surface area contributed by atoms with Crippen LogP contribution in [0.5, 0.6) is 0 Å². The summed E-state index contributed by atoms with van der Waals surface area (Å²) >= 11 is 0. The number of unbranched alkanes of at least 4 members (excludes halogenated alkanes) is 2. The second kappa shape index (κ2) is 10.5. The lowest BCUT2D eigenvalue weighted by atomic mass is 10.1. The molecule has 8 heteroatoms. The average Bonchev–Trinajstić information content (AvgIpc) is 2.56. The predicted molar refractivity (Wildman–Crippen MR) is 94.3 cm³/mol. The molecule has 1 atom stereocenters. The van der Waals surface area contributed by atoms with E-state index in [0.29, 0.717) is 32.8 Å². The van der Waals surface area contributed by atoms with Crippen molar-refractivity contribution >= 4 is 12.1 Å². The molecule has 8 nitrogen and oxygen atoms in total. The van der Waals surface area contributed by atoms with Gasteiger partial charge in [-0.25, -0.2) is 9.59 Å². The number of nitrogens with zero attached hydrogens (tertiary/aromatic N) is 2. The van der Waals surface area contributed by atoms with Gasteiger partial charge in [-0.1, -0.05) is 19.8 Å². The van der Waals surface area contributed by atoms with Crippen molar-refractivity contribution < 1.29 is 24.2 Å². The lowest BCUT2D eigenvalue weighted by molar-refractivity contribution is -0.0683. The summed E-state index contributed by atoms with van der Waals surface area (Å²) in [4.78, 5) is 27.5. The summed E-state index contributed by atoms with van der Waals surface area (Å²) in [6.07, 6.45) is 1.01. The minimum Gasteiger partial charge on any atom is -0.418 e. The summed E-state index contributed by atoms with van der Waals surface area (Å²) in [7, 11) is 0. The van der Waals surface area contributed by atoms with Gasteiger partial charge in [-0.2, -0.15) is 0 Å². The Morgan fingerprint density at radius 3 is 2.48 bits per heavy atom. The molecule has 0 aromatic rings. The molecule has 1 saturated heterocycles. The summed E-state index contributed by atoms with van der Waals surface area (Å²) in [5, 5.41) is 12.5. The summed E-state index contributed by atoms with van der Waals surface area (Å²) in [5.41, 5.74) is -0.401. The first-order valence-corrected chi connectivity index (χ1v) is 9.02. The van der Waals surface area contributed by atoms with E-state index in [9.17, 15) is 14.7 Å². The predicted octanol–water partition coefficient (Wildman–Crippen LogP) is 1.77. The van der Waals surface area contributed by atoms with Crippen LogP contribution in [0.25, 0.3) is 0 Å².